The first kappa shape index (κ1) is 16.6. The van der Waals surface area contributed by atoms with Crippen LogP contribution in [-0.2, 0) is 0 Å². The molecule has 1 heterocycles. The van der Waals surface area contributed by atoms with Gasteiger partial charge in [0.05, 0.1) is 22.7 Å². The fraction of sp³-hybridized carbons (Fsp3) is 0.143. The summed E-state index contributed by atoms with van der Waals surface area (Å²) in [4.78, 5) is 19.4. The Hall–Kier alpha value is -3.79. The van der Waals surface area contributed by atoms with E-state index in [4.69, 9.17) is 10.5 Å². The molecule has 1 aromatic heterocycles. The third kappa shape index (κ3) is 3.51. The third-order valence-corrected chi connectivity index (χ3v) is 2.94. The maximum absolute atomic E-state index is 13.7. The number of nitrogens with zero attached hydrogens (tertiary/aromatic N) is 6. The number of nitriles is 2. The minimum Gasteiger partial charge on any atom is -0.332 e. The van der Waals surface area contributed by atoms with Crippen LogP contribution in [-0.4, -0.2) is 28.0 Å². The summed E-state index contributed by atoms with van der Waals surface area (Å²) in [5.74, 6) is -1.05. The molecule has 0 spiro atoms. The van der Waals surface area contributed by atoms with E-state index in [0.717, 1.165) is 11.2 Å². The molecular formula is C14H10FN7O2. The summed E-state index contributed by atoms with van der Waals surface area (Å²) in [6, 6.07) is 9.22. The SMILES string of the molecule is N#CCN(CC#N)c1ncnc(Nc2ccccc2F)c1[N+](=O)[O-]. The van der Waals surface area contributed by atoms with Gasteiger partial charge in [-0.25, -0.2) is 14.4 Å². The second-order valence-corrected chi connectivity index (χ2v) is 4.43. The molecule has 0 aliphatic heterocycles. The lowest BCUT2D eigenvalue weighted by Crippen LogP contribution is -2.26. The van der Waals surface area contributed by atoms with Crippen LogP contribution >= 0.6 is 0 Å². The van der Waals surface area contributed by atoms with Crippen molar-refractivity contribution in [2.24, 2.45) is 0 Å². The Morgan fingerprint density at radius 3 is 2.50 bits per heavy atom. The first-order valence-electron chi connectivity index (χ1n) is 6.58. The van der Waals surface area contributed by atoms with Crippen LogP contribution in [0.15, 0.2) is 30.6 Å². The first-order chi connectivity index (χ1) is 11.6. The van der Waals surface area contributed by atoms with E-state index >= 15 is 0 Å². The van der Waals surface area contributed by atoms with Gasteiger partial charge in [-0.2, -0.15) is 10.5 Å². The van der Waals surface area contributed by atoms with Gasteiger partial charge < -0.3 is 10.2 Å². The molecule has 0 unspecified atom stereocenters. The number of nitrogens with one attached hydrogen (secondary N) is 1. The fourth-order valence-electron chi connectivity index (χ4n) is 1.93. The molecule has 0 fully saturated rings. The van der Waals surface area contributed by atoms with Crippen molar-refractivity contribution in [2.75, 3.05) is 23.3 Å². The highest BCUT2D eigenvalue weighted by Crippen LogP contribution is 2.33. The number of nitro groups is 1. The number of hydrogen-bond acceptors (Lipinski definition) is 8. The molecule has 120 valence electrons. The van der Waals surface area contributed by atoms with Crippen molar-refractivity contribution in [3.63, 3.8) is 0 Å². The van der Waals surface area contributed by atoms with E-state index in [1.807, 2.05) is 0 Å². The number of aromatic nitrogens is 2. The Balaban J connectivity index is 2.52. The second kappa shape index (κ2) is 7.47. The van der Waals surface area contributed by atoms with Gasteiger partial charge >= 0.3 is 5.69 Å². The van der Waals surface area contributed by atoms with Crippen molar-refractivity contribution in [1.82, 2.24) is 9.97 Å². The third-order valence-electron chi connectivity index (χ3n) is 2.94. The van der Waals surface area contributed by atoms with Crippen molar-refractivity contribution in [1.29, 1.82) is 10.5 Å². The number of hydrogen-bond donors (Lipinski definition) is 1. The zero-order chi connectivity index (χ0) is 17.5. The molecule has 0 bridgehead atoms. The number of benzene rings is 1. The smallest absolute Gasteiger partial charge is 0.332 e. The largest absolute Gasteiger partial charge is 0.353 e. The summed E-state index contributed by atoms with van der Waals surface area (Å²) < 4.78 is 13.7. The second-order valence-electron chi connectivity index (χ2n) is 4.43. The van der Waals surface area contributed by atoms with Crippen LogP contribution in [0.1, 0.15) is 0 Å². The van der Waals surface area contributed by atoms with E-state index in [0.29, 0.717) is 0 Å². The number of anilines is 3. The summed E-state index contributed by atoms with van der Waals surface area (Å²) in [5, 5.41) is 31.6. The van der Waals surface area contributed by atoms with E-state index in [-0.39, 0.29) is 30.4 Å². The molecule has 1 aromatic carbocycles. The van der Waals surface area contributed by atoms with Gasteiger partial charge in [0.15, 0.2) is 0 Å². The quantitative estimate of drug-likeness (QED) is 0.484. The Morgan fingerprint density at radius 1 is 1.25 bits per heavy atom. The number of para-hydroxylation sites is 1. The van der Waals surface area contributed by atoms with Crippen LogP contribution in [0.4, 0.5) is 27.4 Å². The van der Waals surface area contributed by atoms with Crippen LogP contribution in [0.3, 0.4) is 0 Å². The van der Waals surface area contributed by atoms with Crippen LogP contribution < -0.4 is 10.2 Å². The molecule has 0 aliphatic rings. The van der Waals surface area contributed by atoms with Crippen LogP contribution in [0.25, 0.3) is 0 Å². The van der Waals surface area contributed by atoms with E-state index < -0.39 is 16.4 Å². The van der Waals surface area contributed by atoms with E-state index in [9.17, 15) is 14.5 Å². The summed E-state index contributed by atoms with van der Waals surface area (Å²) in [6.07, 6.45) is 1.03. The zero-order valence-corrected chi connectivity index (χ0v) is 12.2. The molecule has 0 aliphatic carbocycles. The van der Waals surface area contributed by atoms with Crippen molar-refractivity contribution in [2.45, 2.75) is 0 Å². The summed E-state index contributed by atoms with van der Waals surface area (Å²) >= 11 is 0. The Labute approximate surface area is 135 Å². The lowest BCUT2D eigenvalue weighted by Gasteiger charge is -2.17. The minimum absolute atomic E-state index is 0.00244. The van der Waals surface area contributed by atoms with Crippen LogP contribution in [0.5, 0.6) is 0 Å². The van der Waals surface area contributed by atoms with Gasteiger partial charge in [-0.3, -0.25) is 10.1 Å². The lowest BCUT2D eigenvalue weighted by atomic mass is 10.3. The van der Waals surface area contributed by atoms with Gasteiger partial charge in [0.2, 0.25) is 11.6 Å². The predicted octanol–water partition coefficient (Wildman–Crippen LogP) is 2.12. The summed E-state index contributed by atoms with van der Waals surface area (Å²) in [6.45, 7) is -0.547. The molecule has 1 N–H and O–H groups in total. The zero-order valence-electron chi connectivity index (χ0n) is 12.2. The maximum Gasteiger partial charge on any atom is 0.353 e. The molecule has 0 radical (unpaired) electrons. The highest BCUT2D eigenvalue weighted by Gasteiger charge is 2.27. The van der Waals surface area contributed by atoms with Gasteiger partial charge in [0.1, 0.15) is 25.2 Å². The molecule has 0 saturated heterocycles. The molecule has 9 nitrogen and oxygen atoms in total. The molecular weight excluding hydrogens is 317 g/mol. The van der Waals surface area contributed by atoms with Crippen molar-refractivity contribution in [3.05, 3.63) is 46.5 Å². The standard InChI is InChI=1S/C14H10FN7O2/c15-10-3-1-2-4-11(10)20-13-12(22(23)24)14(19-9-18-13)21(7-5-16)8-6-17/h1-4,9H,7-8H2,(H,18,19,20). The average molecular weight is 327 g/mol. The molecule has 0 amide bonds. The van der Waals surface area contributed by atoms with Crippen molar-refractivity contribution < 1.29 is 9.31 Å². The molecule has 10 heteroatoms. The van der Waals surface area contributed by atoms with Crippen LogP contribution in [0.2, 0.25) is 0 Å². The predicted molar refractivity (Wildman–Crippen MR) is 81.8 cm³/mol. The van der Waals surface area contributed by atoms with Gasteiger partial charge in [-0.15, -0.1) is 0 Å². The van der Waals surface area contributed by atoms with E-state index in [1.54, 1.807) is 18.2 Å². The maximum atomic E-state index is 13.7. The normalized spacial score (nSPS) is 9.62. The van der Waals surface area contributed by atoms with Crippen molar-refractivity contribution in [3.8, 4) is 12.1 Å². The van der Waals surface area contributed by atoms with Gasteiger partial charge in [-0.05, 0) is 12.1 Å². The molecule has 0 atom stereocenters. The average Bonchev–Trinajstić information content (AvgIpc) is 2.56. The number of rotatable bonds is 6. The summed E-state index contributed by atoms with van der Waals surface area (Å²) in [5.41, 5.74) is -0.552. The van der Waals surface area contributed by atoms with E-state index in [2.05, 4.69) is 15.3 Å². The van der Waals surface area contributed by atoms with Gasteiger partial charge in [-0.1, -0.05) is 12.1 Å². The Bertz CT molecular complexity index is 828. The first-order valence-corrected chi connectivity index (χ1v) is 6.58. The Morgan fingerprint density at radius 2 is 1.92 bits per heavy atom. The Kier molecular flexibility index (Phi) is 5.16. The van der Waals surface area contributed by atoms with Crippen molar-refractivity contribution >= 4 is 23.0 Å². The van der Waals surface area contributed by atoms with E-state index in [1.165, 1.54) is 18.2 Å². The topological polar surface area (TPSA) is 132 Å². The molecule has 24 heavy (non-hydrogen) atoms. The van der Waals surface area contributed by atoms with Gasteiger partial charge in [0, 0.05) is 0 Å². The highest BCUT2D eigenvalue weighted by molar-refractivity contribution is 5.74. The number of halogens is 1. The monoisotopic (exact) mass is 327 g/mol. The minimum atomic E-state index is -0.750. The van der Waals surface area contributed by atoms with Gasteiger partial charge in [0.25, 0.3) is 0 Å². The summed E-state index contributed by atoms with van der Waals surface area (Å²) in [7, 11) is 0. The fourth-order valence-corrected chi connectivity index (χ4v) is 1.93. The lowest BCUT2D eigenvalue weighted by molar-refractivity contribution is -0.383. The molecule has 2 aromatic rings. The highest BCUT2D eigenvalue weighted by atomic mass is 19.1. The molecule has 0 saturated carbocycles. The molecule has 2 rings (SSSR count). The van der Waals surface area contributed by atoms with Crippen LogP contribution in [0, 0.1) is 38.6 Å².